The molecule has 1 aliphatic rings. The van der Waals surface area contributed by atoms with Crippen LogP contribution in [-0.2, 0) is 0 Å². The Hall–Kier alpha value is -0.520. The van der Waals surface area contributed by atoms with E-state index in [1.54, 1.807) is 0 Å². The van der Waals surface area contributed by atoms with E-state index in [4.69, 9.17) is 0 Å². The van der Waals surface area contributed by atoms with E-state index in [2.05, 4.69) is 54.5 Å². The standard InChI is InChI=1S/C14H19BrN2OS/c1-9-7-17(8-13(9)16(2)3)14(18)11-6-10(19)4-5-12(11)15/h4-6,9,13,19H,7-8H2,1-3H3. The molecule has 1 amide bonds. The van der Waals surface area contributed by atoms with Crippen molar-refractivity contribution < 1.29 is 4.79 Å². The molecule has 2 unspecified atom stereocenters. The third-order valence-corrected chi connectivity index (χ3v) is 4.67. The molecule has 3 nitrogen and oxygen atoms in total. The quantitative estimate of drug-likeness (QED) is 0.835. The van der Waals surface area contributed by atoms with Crippen LogP contribution >= 0.6 is 28.6 Å². The smallest absolute Gasteiger partial charge is 0.255 e. The molecule has 0 aromatic heterocycles. The molecule has 0 radical (unpaired) electrons. The molecule has 0 aliphatic carbocycles. The summed E-state index contributed by atoms with van der Waals surface area (Å²) in [5.74, 6) is 0.580. The number of carbonyl (C=O) groups is 1. The fraction of sp³-hybridized carbons (Fsp3) is 0.500. The first-order valence-corrected chi connectivity index (χ1v) is 7.58. The van der Waals surface area contributed by atoms with Crippen molar-refractivity contribution in [3.63, 3.8) is 0 Å². The first-order valence-electron chi connectivity index (χ1n) is 6.34. The number of benzene rings is 1. The van der Waals surface area contributed by atoms with Crippen LogP contribution in [0, 0.1) is 5.92 Å². The number of hydrogen-bond acceptors (Lipinski definition) is 3. The van der Waals surface area contributed by atoms with E-state index in [9.17, 15) is 4.79 Å². The molecule has 1 heterocycles. The van der Waals surface area contributed by atoms with Gasteiger partial charge in [0.1, 0.15) is 0 Å². The topological polar surface area (TPSA) is 23.6 Å². The van der Waals surface area contributed by atoms with Gasteiger partial charge in [-0.1, -0.05) is 6.92 Å². The fourth-order valence-electron chi connectivity index (χ4n) is 2.64. The van der Waals surface area contributed by atoms with E-state index in [1.807, 2.05) is 23.1 Å². The van der Waals surface area contributed by atoms with Gasteiger partial charge in [-0.25, -0.2) is 0 Å². The van der Waals surface area contributed by atoms with E-state index < -0.39 is 0 Å². The number of likely N-dealkylation sites (tertiary alicyclic amines) is 1. The van der Waals surface area contributed by atoms with Crippen LogP contribution in [-0.4, -0.2) is 48.9 Å². The van der Waals surface area contributed by atoms with Gasteiger partial charge in [0.15, 0.2) is 0 Å². The summed E-state index contributed by atoms with van der Waals surface area (Å²) in [6.45, 7) is 3.79. The zero-order valence-corrected chi connectivity index (χ0v) is 13.9. The summed E-state index contributed by atoms with van der Waals surface area (Å²) in [5, 5.41) is 0. The van der Waals surface area contributed by atoms with Crippen LogP contribution in [0.15, 0.2) is 27.6 Å². The molecule has 0 saturated carbocycles. The molecule has 5 heteroatoms. The molecule has 0 N–H and O–H groups in total. The number of amides is 1. The minimum absolute atomic E-state index is 0.0824. The van der Waals surface area contributed by atoms with Crippen molar-refractivity contribution in [1.82, 2.24) is 9.80 Å². The normalized spacial score (nSPS) is 23.2. The Balaban J connectivity index is 2.19. The van der Waals surface area contributed by atoms with Crippen LogP contribution in [0.2, 0.25) is 0 Å². The number of hydrogen-bond donors (Lipinski definition) is 1. The maximum absolute atomic E-state index is 12.6. The van der Waals surface area contributed by atoms with Crippen LogP contribution in [0.4, 0.5) is 0 Å². The van der Waals surface area contributed by atoms with Crippen LogP contribution in [0.1, 0.15) is 17.3 Å². The van der Waals surface area contributed by atoms with Gasteiger partial charge in [0.2, 0.25) is 0 Å². The van der Waals surface area contributed by atoms with E-state index in [0.717, 1.165) is 22.5 Å². The summed E-state index contributed by atoms with van der Waals surface area (Å²) in [6, 6.07) is 6.00. The first kappa shape index (κ1) is 14.9. The summed E-state index contributed by atoms with van der Waals surface area (Å²) in [7, 11) is 4.14. The van der Waals surface area contributed by atoms with Gasteiger partial charge in [0.25, 0.3) is 5.91 Å². The minimum Gasteiger partial charge on any atom is -0.337 e. The molecule has 19 heavy (non-hydrogen) atoms. The maximum atomic E-state index is 12.6. The number of nitrogens with zero attached hydrogens (tertiary/aromatic N) is 2. The van der Waals surface area contributed by atoms with Gasteiger partial charge >= 0.3 is 0 Å². The van der Waals surface area contributed by atoms with Crippen LogP contribution in [0.3, 0.4) is 0 Å². The lowest BCUT2D eigenvalue weighted by Crippen LogP contribution is -2.35. The van der Waals surface area contributed by atoms with E-state index in [-0.39, 0.29) is 5.91 Å². The van der Waals surface area contributed by atoms with Gasteiger partial charge < -0.3 is 9.80 Å². The van der Waals surface area contributed by atoms with Crippen molar-refractivity contribution in [2.24, 2.45) is 5.92 Å². The summed E-state index contributed by atoms with van der Waals surface area (Å²) < 4.78 is 0.830. The second-order valence-corrected chi connectivity index (χ2v) is 6.75. The number of carbonyl (C=O) groups excluding carboxylic acids is 1. The van der Waals surface area contributed by atoms with Gasteiger partial charge in [-0.2, -0.15) is 0 Å². The lowest BCUT2D eigenvalue weighted by Gasteiger charge is -2.22. The molecular formula is C14H19BrN2OS. The van der Waals surface area contributed by atoms with Crippen LogP contribution in [0.25, 0.3) is 0 Å². The summed E-state index contributed by atoms with van der Waals surface area (Å²) in [6.07, 6.45) is 0. The lowest BCUT2D eigenvalue weighted by atomic mass is 10.1. The van der Waals surface area contributed by atoms with Gasteiger partial charge in [-0.3, -0.25) is 4.79 Å². The average Bonchev–Trinajstić information content (AvgIpc) is 2.74. The molecule has 104 valence electrons. The van der Waals surface area contributed by atoms with Crippen molar-refractivity contribution in [1.29, 1.82) is 0 Å². The van der Waals surface area contributed by atoms with Gasteiger partial charge in [0.05, 0.1) is 5.56 Å². The monoisotopic (exact) mass is 342 g/mol. The van der Waals surface area contributed by atoms with E-state index >= 15 is 0 Å². The molecule has 1 aromatic carbocycles. The molecular weight excluding hydrogens is 324 g/mol. The Morgan fingerprint density at radius 3 is 2.68 bits per heavy atom. The highest BCUT2D eigenvalue weighted by Crippen LogP contribution is 2.26. The second-order valence-electron chi connectivity index (χ2n) is 5.38. The third kappa shape index (κ3) is 3.15. The molecule has 1 saturated heterocycles. The molecule has 0 bridgehead atoms. The minimum atomic E-state index is 0.0824. The number of thiol groups is 1. The van der Waals surface area contributed by atoms with Crippen molar-refractivity contribution in [3.8, 4) is 0 Å². The Labute approximate surface area is 128 Å². The van der Waals surface area contributed by atoms with Crippen molar-refractivity contribution >= 4 is 34.5 Å². The van der Waals surface area contributed by atoms with Gasteiger partial charge in [-0.15, -0.1) is 12.6 Å². The Morgan fingerprint density at radius 2 is 2.11 bits per heavy atom. The number of rotatable bonds is 2. The Morgan fingerprint density at radius 1 is 1.42 bits per heavy atom. The molecule has 0 spiro atoms. The molecule has 1 aromatic rings. The van der Waals surface area contributed by atoms with E-state index in [1.165, 1.54) is 0 Å². The van der Waals surface area contributed by atoms with Crippen LogP contribution < -0.4 is 0 Å². The summed E-state index contributed by atoms with van der Waals surface area (Å²) in [4.78, 5) is 17.5. The average molecular weight is 343 g/mol. The van der Waals surface area contributed by atoms with Crippen molar-refractivity contribution in [2.75, 3.05) is 27.2 Å². The first-order chi connectivity index (χ1) is 8.90. The summed E-state index contributed by atoms with van der Waals surface area (Å²) in [5.41, 5.74) is 0.694. The zero-order valence-electron chi connectivity index (χ0n) is 11.4. The van der Waals surface area contributed by atoms with Gasteiger partial charge in [-0.05, 0) is 54.1 Å². The Bertz CT molecular complexity index is 492. The van der Waals surface area contributed by atoms with Gasteiger partial charge in [0, 0.05) is 28.5 Å². The second kappa shape index (κ2) is 5.85. The summed E-state index contributed by atoms with van der Waals surface area (Å²) >= 11 is 7.75. The van der Waals surface area contributed by atoms with Crippen LogP contribution in [0.5, 0.6) is 0 Å². The zero-order chi connectivity index (χ0) is 14.2. The predicted octanol–water partition coefficient (Wildman–Crippen LogP) is 2.76. The molecule has 1 aliphatic heterocycles. The highest BCUT2D eigenvalue weighted by atomic mass is 79.9. The highest BCUT2D eigenvalue weighted by molar-refractivity contribution is 9.10. The molecule has 2 rings (SSSR count). The fourth-order valence-corrected chi connectivity index (χ4v) is 3.26. The predicted molar refractivity (Wildman–Crippen MR) is 83.9 cm³/mol. The van der Waals surface area contributed by atoms with E-state index in [0.29, 0.717) is 17.5 Å². The molecule has 1 fully saturated rings. The third-order valence-electron chi connectivity index (χ3n) is 3.70. The van der Waals surface area contributed by atoms with Crippen molar-refractivity contribution in [2.45, 2.75) is 17.9 Å². The Kier molecular flexibility index (Phi) is 4.58. The highest BCUT2D eigenvalue weighted by Gasteiger charge is 2.34. The largest absolute Gasteiger partial charge is 0.337 e. The lowest BCUT2D eigenvalue weighted by molar-refractivity contribution is 0.0780. The number of halogens is 1. The molecule has 2 atom stereocenters. The maximum Gasteiger partial charge on any atom is 0.255 e. The van der Waals surface area contributed by atoms with Crippen molar-refractivity contribution in [3.05, 3.63) is 28.2 Å². The number of likely N-dealkylation sites (N-methyl/N-ethyl adjacent to an activating group) is 1. The SMILES string of the molecule is CC1CN(C(=O)c2cc(S)ccc2Br)CC1N(C)C.